The molecule has 2 aromatic rings. The van der Waals surface area contributed by atoms with E-state index in [0.717, 1.165) is 23.8 Å². The highest BCUT2D eigenvalue weighted by molar-refractivity contribution is 6.33. The van der Waals surface area contributed by atoms with Crippen molar-refractivity contribution in [2.45, 2.75) is 25.4 Å². The summed E-state index contributed by atoms with van der Waals surface area (Å²) >= 11 is 5.94. The number of halogens is 4. The molecule has 0 unspecified atom stereocenters. The Hall–Kier alpha value is -2.54. The van der Waals surface area contributed by atoms with Crippen LogP contribution in [0.5, 0.6) is 0 Å². The molecule has 1 saturated heterocycles. The molecule has 0 saturated carbocycles. The first-order valence-corrected chi connectivity index (χ1v) is 9.61. The van der Waals surface area contributed by atoms with Gasteiger partial charge in [0.1, 0.15) is 0 Å². The van der Waals surface area contributed by atoms with Gasteiger partial charge in [-0.25, -0.2) is 0 Å². The van der Waals surface area contributed by atoms with Crippen molar-refractivity contribution >= 4 is 29.1 Å². The molecule has 0 spiro atoms. The average Bonchev–Trinajstić information content (AvgIpc) is 2.69. The first kappa shape index (κ1) is 21.2. The normalized spacial score (nSPS) is 15.2. The van der Waals surface area contributed by atoms with Crippen LogP contribution < -0.4 is 5.32 Å². The lowest BCUT2D eigenvalue weighted by Gasteiger charge is -2.31. The Kier molecular flexibility index (Phi) is 6.47. The molecule has 1 N–H and O–H groups in total. The topological polar surface area (TPSA) is 49.4 Å². The molecule has 2 aromatic carbocycles. The Morgan fingerprint density at radius 2 is 1.72 bits per heavy atom. The number of alkyl halides is 3. The van der Waals surface area contributed by atoms with E-state index in [1.807, 2.05) is 30.3 Å². The van der Waals surface area contributed by atoms with E-state index in [-0.39, 0.29) is 28.4 Å². The van der Waals surface area contributed by atoms with Crippen LogP contribution in [0.25, 0.3) is 0 Å². The molecule has 2 amide bonds. The van der Waals surface area contributed by atoms with E-state index in [1.165, 1.54) is 0 Å². The fourth-order valence-corrected chi connectivity index (χ4v) is 3.47. The summed E-state index contributed by atoms with van der Waals surface area (Å²) in [6.45, 7) is 0.861. The monoisotopic (exact) mass is 424 g/mol. The van der Waals surface area contributed by atoms with Gasteiger partial charge < -0.3 is 10.2 Å². The number of piperidine rings is 1. The molecule has 0 aromatic heterocycles. The molecule has 8 heteroatoms. The highest BCUT2D eigenvalue weighted by atomic mass is 35.5. The molecule has 4 nitrogen and oxygen atoms in total. The maximum atomic E-state index is 12.9. The van der Waals surface area contributed by atoms with Crippen molar-refractivity contribution in [3.63, 3.8) is 0 Å². The minimum atomic E-state index is -4.52. The van der Waals surface area contributed by atoms with Gasteiger partial charge in [0.25, 0.3) is 0 Å². The lowest BCUT2D eigenvalue weighted by atomic mass is 9.95. The zero-order valence-corrected chi connectivity index (χ0v) is 16.3. The highest BCUT2D eigenvalue weighted by Crippen LogP contribution is 2.34. The van der Waals surface area contributed by atoms with E-state index in [0.29, 0.717) is 32.4 Å². The molecular formula is C21H20ClF3N2O2. The Morgan fingerprint density at radius 1 is 1.07 bits per heavy atom. The first-order valence-electron chi connectivity index (χ1n) is 9.23. The number of carbonyl (C=O) groups is 2. The van der Waals surface area contributed by atoms with Crippen LogP contribution in [0.1, 0.15) is 24.0 Å². The number of hydrogen-bond donors (Lipinski definition) is 1. The van der Waals surface area contributed by atoms with Crippen LogP contribution in [-0.2, 0) is 22.2 Å². The number of amides is 2. The molecule has 0 radical (unpaired) electrons. The second-order valence-corrected chi connectivity index (χ2v) is 7.41. The first-order chi connectivity index (χ1) is 13.7. The minimum Gasteiger partial charge on any atom is -0.342 e. The molecule has 1 aliphatic heterocycles. The predicted molar refractivity (Wildman–Crippen MR) is 105 cm³/mol. The van der Waals surface area contributed by atoms with Crippen LogP contribution in [0.3, 0.4) is 0 Å². The molecule has 1 aliphatic rings. The molecule has 1 heterocycles. The van der Waals surface area contributed by atoms with Crippen LogP contribution in [0, 0.1) is 5.92 Å². The SMILES string of the molecule is O=C(Nc1cc(C(F)(F)F)ccc1Cl)C1CCN(C(=O)Cc2ccccc2)CC1. The third-order valence-corrected chi connectivity index (χ3v) is 5.30. The molecule has 29 heavy (non-hydrogen) atoms. The molecule has 0 atom stereocenters. The van der Waals surface area contributed by atoms with E-state index in [2.05, 4.69) is 5.32 Å². The number of carbonyl (C=O) groups excluding carboxylic acids is 2. The van der Waals surface area contributed by atoms with Crippen LogP contribution in [-0.4, -0.2) is 29.8 Å². The van der Waals surface area contributed by atoms with Gasteiger partial charge in [-0.15, -0.1) is 0 Å². The molecular weight excluding hydrogens is 405 g/mol. The van der Waals surface area contributed by atoms with Gasteiger partial charge in [0.15, 0.2) is 0 Å². The Labute approximate surface area is 171 Å². The van der Waals surface area contributed by atoms with Crippen molar-refractivity contribution in [1.82, 2.24) is 4.90 Å². The van der Waals surface area contributed by atoms with Crippen molar-refractivity contribution in [3.05, 3.63) is 64.7 Å². The summed E-state index contributed by atoms with van der Waals surface area (Å²) in [5, 5.41) is 2.55. The standard InChI is InChI=1S/C21H20ClF3N2O2/c22-17-7-6-16(21(23,24)25)13-18(17)26-20(29)15-8-10-27(11-9-15)19(28)12-14-4-2-1-3-5-14/h1-7,13,15H,8-12H2,(H,26,29). The van der Waals surface area contributed by atoms with Crippen molar-refractivity contribution in [2.24, 2.45) is 5.92 Å². The van der Waals surface area contributed by atoms with Crippen molar-refractivity contribution in [3.8, 4) is 0 Å². The molecule has 3 rings (SSSR count). The van der Waals surface area contributed by atoms with E-state index in [1.54, 1.807) is 4.90 Å². The minimum absolute atomic E-state index is 0.00372. The van der Waals surface area contributed by atoms with Crippen LogP contribution in [0.4, 0.5) is 18.9 Å². The van der Waals surface area contributed by atoms with Gasteiger partial charge in [0.05, 0.1) is 22.7 Å². The number of likely N-dealkylation sites (tertiary alicyclic amines) is 1. The highest BCUT2D eigenvalue weighted by Gasteiger charge is 2.32. The molecule has 0 aliphatic carbocycles. The largest absolute Gasteiger partial charge is 0.416 e. The second kappa shape index (κ2) is 8.86. The third kappa shape index (κ3) is 5.50. The van der Waals surface area contributed by atoms with E-state index in [9.17, 15) is 22.8 Å². The molecule has 0 bridgehead atoms. The number of nitrogens with zero attached hydrogens (tertiary/aromatic N) is 1. The predicted octanol–water partition coefficient (Wildman–Crippen LogP) is 4.78. The second-order valence-electron chi connectivity index (χ2n) is 7.00. The zero-order valence-electron chi connectivity index (χ0n) is 15.5. The summed E-state index contributed by atoms with van der Waals surface area (Å²) in [6, 6.07) is 12.2. The lowest BCUT2D eigenvalue weighted by Crippen LogP contribution is -2.42. The smallest absolute Gasteiger partial charge is 0.342 e. The van der Waals surface area contributed by atoms with Gasteiger partial charge in [0.2, 0.25) is 11.8 Å². The van der Waals surface area contributed by atoms with Crippen LogP contribution in [0.2, 0.25) is 5.02 Å². The van der Waals surface area contributed by atoms with Crippen molar-refractivity contribution in [2.75, 3.05) is 18.4 Å². The van der Waals surface area contributed by atoms with E-state index >= 15 is 0 Å². The quantitative estimate of drug-likeness (QED) is 0.768. The van der Waals surface area contributed by atoms with E-state index in [4.69, 9.17) is 11.6 Å². The number of nitrogens with one attached hydrogen (secondary N) is 1. The maximum Gasteiger partial charge on any atom is 0.416 e. The lowest BCUT2D eigenvalue weighted by molar-refractivity contribution is -0.137. The fraction of sp³-hybridized carbons (Fsp3) is 0.333. The summed E-state index contributed by atoms with van der Waals surface area (Å²) in [5.41, 5.74) is -0.0100. The fourth-order valence-electron chi connectivity index (χ4n) is 3.31. The van der Waals surface area contributed by atoms with Crippen LogP contribution >= 0.6 is 11.6 Å². The van der Waals surface area contributed by atoms with Gasteiger partial charge in [0, 0.05) is 19.0 Å². The number of anilines is 1. The Morgan fingerprint density at radius 3 is 2.34 bits per heavy atom. The summed E-state index contributed by atoms with van der Waals surface area (Å²) in [6.07, 6.45) is -3.32. The number of rotatable bonds is 4. The zero-order chi connectivity index (χ0) is 21.0. The molecule has 1 fully saturated rings. The van der Waals surface area contributed by atoms with Crippen LogP contribution in [0.15, 0.2) is 48.5 Å². The summed E-state index contributed by atoms with van der Waals surface area (Å²) < 4.78 is 38.6. The van der Waals surface area contributed by atoms with Gasteiger partial charge in [-0.1, -0.05) is 41.9 Å². The van der Waals surface area contributed by atoms with Crippen molar-refractivity contribution in [1.29, 1.82) is 0 Å². The average molecular weight is 425 g/mol. The summed E-state index contributed by atoms with van der Waals surface area (Å²) in [5.74, 6) is -0.779. The Bertz CT molecular complexity index is 879. The number of hydrogen-bond acceptors (Lipinski definition) is 2. The van der Waals surface area contributed by atoms with Gasteiger partial charge in [-0.05, 0) is 36.6 Å². The summed E-state index contributed by atoms with van der Waals surface area (Å²) in [7, 11) is 0. The molecule has 154 valence electrons. The summed E-state index contributed by atoms with van der Waals surface area (Å²) in [4.78, 5) is 26.6. The Balaban J connectivity index is 1.56. The maximum absolute atomic E-state index is 12.9. The third-order valence-electron chi connectivity index (χ3n) is 4.97. The number of benzene rings is 2. The van der Waals surface area contributed by atoms with Gasteiger partial charge >= 0.3 is 6.18 Å². The van der Waals surface area contributed by atoms with E-state index < -0.39 is 11.7 Å². The van der Waals surface area contributed by atoms with Gasteiger partial charge in [-0.3, -0.25) is 9.59 Å². The van der Waals surface area contributed by atoms with Crippen molar-refractivity contribution < 1.29 is 22.8 Å². The van der Waals surface area contributed by atoms with Gasteiger partial charge in [-0.2, -0.15) is 13.2 Å².